The molecule has 10 heteroatoms. The van der Waals surface area contributed by atoms with E-state index in [0.29, 0.717) is 34.3 Å². The van der Waals surface area contributed by atoms with Crippen LogP contribution in [0.15, 0.2) is 36.8 Å². The van der Waals surface area contributed by atoms with E-state index >= 15 is 0 Å². The number of fused-ring (bicyclic) bond motifs is 1. The lowest BCUT2D eigenvalue weighted by Crippen LogP contribution is -2.11. The Morgan fingerprint density at radius 2 is 1.97 bits per heavy atom. The van der Waals surface area contributed by atoms with Gasteiger partial charge in [0.25, 0.3) is 5.91 Å². The summed E-state index contributed by atoms with van der Waals surface area (Å²) < 4.78 is 12.2. The molecule has 0 aliphatic rings. The number of nitrogens with one attached hydrogen (secondary N) is 1. The number of benzene rings is 1. The molecule has 30 heavy (non-hydrogen) atoms. The minimum absolute atomic E-state index is 0.316. The first-order valence-corrected chi connectivity index (χ1v) is 10.0. The first kappa shape index (κ1) is 19.8. The van der Waals surface area contributed by atoms with Crippen LogP contribution in [0.1, 0.15) is 26.5 Å². The third kappa shape index (κ3) is 4.08. The van der Waals surface area contributed by atoms with E-state index < -0.39 is 0 Å². The van der Waals surface area contributed by atoms with Crippen LogP contribution in [0.3, 0.4) is 0 Å². The fourth-order valence-electron chi connectivity index (χ4n) is 2.99. The van der Waals surface area contributed by atoms with Gasteiger partial charge in [0.15, 0.2) is 17.1 Å². The first-order chi connectivity index (χ1) is 14.6. The molecule has 1 aromatic carbocycles. The fraction of sp³-hybridized carbons (Fsp3) is 0.250. The second kappa shape index (κ2) is 8.46. The number of aromatic nitrogens is 5. The van der Waals surface area contributed by atoms with Crippen LogP contribution in [0.25, 0.3) is 5.65 Å². The molecule has 0 bridgehead atoms. The minimum atomic E-state index is -0.316. The zero-order valence-corrected chi connectivity index (χ0v) is 17.6. The van der Waals surface area contributed by atoms with Crippen LogP contribution in [0.5, 0.6) is 11.5 Å². The molecule has 1 N–H and O–H groups in total. The van der Waals surface area contributed by atoms with Gasteiger partial charge in [-0.15, -0.1) is 10.2 Å². The first-order valence-electron chi connectivity index (χ1n) is 9.22. The molecular weight excluding hydrogens is 404 g/mol. The maximum absolute atomic E-state index is 12.6. The number of hydrogen-bond acceptors (Lipinski definition) is 8. The van der Waals surface area contributed by atoms with Crippen molar-refractivity contribution in [1.82, 2.24) is 24.8 Å². The summed E-state index contributed by atoms with van der Waals surface area (Å²) >= 11 is 1.35. The SMILES string of the molecule is COc1ccc(CCc2nnc(NC(=O)c3cnn4cc(C)cnc34)s2)cc1OC. The van der Waals surface area contributed by atoms with Crippen molar-refractivity contribution in [3.05, 3.63) is 58.5 Å². The Bertz CT molecular complexity index is 1200. The predicted octanol–water partition coefficient (Wildman–Crippen LogP) is 2.94. The highest BCUT2D eigenvalue weighted by Gasteiger charge is 2.16. The number of hydrogen-bond donors (Lipinski definition) is 1. The molecular formula is C20H20N6O3S. The average molecular weight is 424 g/mol. The maximum Gasteiger partial charge on any atom is 0.262 e. The Morgan fingerprint density at radius 3 is 2.77 bits per heavy atom. The molecule has 0 fully saturated rings. The number of carbonyl (C=O) groups excluding carboxylic acids is 1. The van der Waals surface area contributed by atoms with Gasteiger partial charge in [-0.1, -0.05) is 17.4 Å². The van der Waals surface area contributed by atoms with Crippen LogP contribution >= 0.6 is 11.3 Å². The highest BCUT2D eigenvalue weighted by molar-refractivity contribution is 7.15. The van der Waals surface area contributed by atoms with Crippen LogP contribution in [0, 0.1) is 6.92 Å². The van der Waals surface area contributed by atoms with Gasteiger partial charge in [0.2, 0.25) is 5.13 Å². The molecule has 0 saturated carbocycles. The van der Waals surface area contributed by atoms with Gasteiger partial charge in [0.1, 0.15) is 10.6 Å². The van der Waals surface area contributed by atoms with E-state index in [9.17, 15) is 4.79 Å². The third-order valence-electron chi connectivity index (χ3n) is 4.49. The van der Waals surface area contributed by atoms with Gasteiger partial charge in [-0.05, 0) is 36.6 Å². The molecule has 3 heterocycles. The minimum Gasteiger partial charge on any atom is -0.493 e. The van der Waals surface area contributed by atoms with Crippen molar-refractivity contribution < 1.29 is 14.3 Å². The van der Waals surface area contributed by atoms with Crippen molar-refractivity contribution in [3.8, 4) is 11.5 Å². The van der Waals surface area contributed by atoms with Crippen molar-refractivity contribution in [3.63, 3.8) is 0 Å². The second-order valence-corrected chi connectivity index (χ2v) is 7.66. The molecule has 0 spiro atoms. The van der Waals surface area contributed by atoms with E-state index in [-0.39, 0.29) is 5.91 Å². The topological polar surface area (TPSA) is 104 Å². The standard InChI is InChI=1S/C20H20N6O3S/c1-12-9-21-18-14(10-22-26(18)11-12)19(27)23-20-25-24-17(30-20)7-5-13-4-6-15(28-2)16(8-13)29-3/h4,6,8-11H,5,7H2,1-3H3,(H,23,25,27). The summed E-state index contributed by atoms with van der Waals surface area (Å²) in [7, 11) is 3.22. The van der Waals surface area contributed by atoms with E-state index in [1.54, 1.807) is 24.9 Å². The Hall–Kier alpha value is -3.53. The lowest BCUT2D eigenvalue weighted by molar-refractivity contribution is 0.102. The third-order valence-corrected chi connectivity index (χ3v) is 5.39. The number of amides is 1. The quantitative estimate of drug-likeness (QED) is 0.486. The number of methoxy groups -OCH3 is 2. The normalized spacial score (nSPS) is 10.9. The number of carbonyl (C=O) groups is 1. The Morgan fingerprint density at radius 1 is 1.13 bits per heavy atom. The lowest BCUT2D eigenvalue weighted by atomic mass is 10.1. The maximum atomic E-state index is 12.6. The van der Waals surface area contributed by atoms with Crippen LogP contribution < -0.4 is 14.8 Å². The summed E-state index contributed by atoms with van der Waals surface area (Å²) in [4.78, 5) is 16.9. The molecule has 1 amide bonds. The lowest BCUT2D eigenvalue weighted by Gasteiger charge is -2.08. The number of nitrogens with zero attached hydrogens (tertiary/aromatic N) is 5. The van der Waals surface area contributed by atoms with E-state index in [1.807, 2.05) is 31.3 Å². The molecule has 0 atom stereocenters. The highest BCUT2D eigenvalue weighted by atomic mass is 32.1. The largest absolute Gasteiger partial charge is 0.493 e. The number of ether oxygens (including phenoxy) is 2. The molecule has 4 rings (SSSR count). The van der Waals surface area contributed by atoms with Gasteiger partial charge in [-0.2, -0.15) is 5.10 Å². The van der Waals surface area contributed by atoms with Gasteiger partial charge in [-0.3, -0.25) is 10.1 Å². The summed E-state index contributed by atoms with van der Waals surface area (Å²) in [6.45, 7) is 1.92. The molecule has 0 unspecified atom stereocenters. The van der Waals surface area contributed by atoms with Crippen molar-refractivity contribution in [1.29, 1.82) is 0 Å². The molecule has 0 aliphatic heterocycles. The molecule has 154 valence electrons. The fourth-order valence-corrected chi connectivity index (χ4v) is 3.72. The molecule has 9 nitrogen and oxygen atoms in total. The Labute approximate surface area is 176 Å². The van der Waals surface area contributed by atoms with Gasteiger partial charge < -0.3 is 9.47 Å². The Kier molecular flexibility index (Phi) is 5.57. The van der Waals surface area contributed by atoms with Gasteiger partial charge in [-0.25, -0.2) is 9.50 Å². The van der Waals surface area contributed by atoms with Crippen molar-refractivity contribution in [2.24, 2.45) is 0 Å². The zero-order valence-electron chi connectivity index (χ0n) is 16.7. The molecule has 0 saturated heterocycles. The van der Waals surface area contributed by atoms with Crippen LogP contribution in [-0.4, -0.2) is 44.9 Å². The highest BCUT2D eigenvalue weighted by Crippen LogP contribution is 2.28. The molecule has 4 aromatic rings. The molecule has 0 radical (unpaired) electrons. The van der Waals surface area contributed by atoms with Crippen LogP contribution in [-0.2, 0) is 12.8 Å². The van der Waals surface area contributed by atoms with E-state index in [2.05, 4.69) is 25.6 Å². The summed E-state index contributed by atoms with van der Waals surface area (Å²) in [5, 5.41) is 16.5. The van der Waals surface area contributed by atoms with Crippen molar-refractivity contribution in [2.45, 2.75) is 19.8 Å². The summed E-state index contributed by atoms with van der Waals surface area (Å²) in [6, 6.07) is 5.82. The Balaban J connectivity index is 1.41. The average Bonchev–Trinajstić information content (AvgIpc) is 3.38. The van der Waals surface area contributed by atoms with E-state index in [0.717, 1.165) is 22.6 Å². The number of aryl methyl sites for hydroxylation is 3. The monoisotopic (exact) mass is 424 g/mol. The number of anilines is 1. The second-order valence-electron chi connectivity index (χ2n) is 6.60. The van der Waals surface area contributed by atoms with E-state index in [4.69, 9.17) is 9.47 Å². The van der Waals surface area contributed by atoms with Crippen LogP contribution in [0.2, 0.25) is 0 Å². The molecule has 3 aromatic heterocycles. The summed E-state index contributed by atoms with van der Waals surface area (Å²) in [5.74, 6) is 1.07. The van der Waals surface area contributed by atoms with E-state index in [1.165, 1.54) is 17.5 Å². The summed E-state index contributed by atoms with van der Waals surface area (Å²) in [6.07, 6.45) is 6.47. The van der Waals surface area contributed by atoms with Crippen LogP contribution in [0.4, 0.5) is 5.13 Å². The predicted molar refractivity (Wildman–Crippen MR) is 113 cm³/mol. The zero-order chi connectivity index (χ0) is 21.1. The number of rotatable bonds is 7. The summed E-state index contributed by atoms with van der Waals surface area (Å²) in [5.41, 5.74) is 2.94. The van der Waals surface area contributed by atoms with Gasteiger partial charge in [0, 0.05) is 18.8 Å². The van der Waals surface area contributed by atoms with Crippen molar-refractivity contribution >= 4 is 28.0 Å². The smallest absolute Gasteiger partial charge is 0.262 e. The van der Waals surface area contributed by atoms with Crippen molar-refractivity contribution in [2.75, 3.05) is 19.5 Å². The van der Waals surface area contributed by atoms with Gasteiger partial charge in [0.05, 0.1) is 20.4 Å². The van der Waals surface area contributed by atoms with Gasteiger partial charge >= 0.3 is 0 Å². The molecule has 0 aliphatic carbocycles.